The van der Waals surface area contributed by atoms with Gasteiger partial charge in [0.25, 0.3) is 10.2 Å². The van der Waals surface area contributed by atoms with Gasteiger partial charge in [-0.2, -0.15) is 18.2 Å². The number of carbonyl (C=O) groups excluding carboxylic acids is 2. The van der Waals surface area contributed by atoms with Crippen LogP contribution in [0.1, 0.15) is 38.7 Å². The van der Waals surface area contributed by atoms with Crippen molar-refractivity contribution in [2.45, 2.75) is 51.7 Å². The minimum absolute atomic E-state index is 0.0336. The number of hydrogen-bond donors (Lipinski definition) is 3. The molecule has 0 radical (unpaired) electrons. The zero-order valence-electron chi connectivity index (χ0n) is 21.7. The molecule has 3 N–H and O–H groups in total. The summed E-state index contributed by atoms with van der Waals surface area (Å²) in [4.78, 5) is 32.3. The van der Waals surface area contributed by atoms with E-state index in [4.69, 9.17) is 11.6 Å². The molecule has 4 rings (SSSR count). The number of rotatable bonds is 11. The summed E-state index contributed by atoms with van der Waals surface area (Å²) in [7, 11) is -4.04. The first-order valence-electron chi connectivity index (χ1n) is 12.7. The van der Waals surface area contributed by atoms with Crippen molar-refractivity contribution in [3.63, 3.8) is 0 Å². The number of likely N-dealkylation sites (tertiary alicyclic amines) is 1. The van der Waals surface area contributed by atoms with Gasteiger partial charge >= 0.3 is 0 Å². The second-order valence-electron chi connectivity index (χ2n) is 9.79. The zero-order valence-corrected chi connectivity index (χ0v) is 23.3. The summed E-state index contributed by atoms with van der Waals surface area (Å²) in [6.45, 7) is 4.34. The number of nitrogens with one attached hydrogen (secondary N) is 3. The standard InChI is InChI=1S/C26H32ClN7O4S/c1-18(2)13-22(32-39(37,38)31-21-7-4-3-5-8-21)26(36)33-12-6-9-24(33)25(35)29-15-19-14-20(27)10-11-23(19)34-17-28-16-30-34/h3-5,7-8,10-11,14,16-18,22,24,31-32H,6,9,12-13,15H2,1-2H3,(H,29,35)/t22-,24-/m0/s1. The zero-order chi connectivity index (χ0) is 28.0. The second kappa shape index (κ2) is 12.6. The predicted octanol–water partition coefficient (Wildman–Crippen LogP) is 2.89. The molecule has 1 fully saturated rings. The van der Waals surface area contributed by atoms with Gasteiger partial charge in [-0.1, -0.05) is 43.6 Å². The van der Waals surface area contributed by atoms with E-state index in [0.717, 1.165) is 5.56 Å². The summed E-state index contributed by atoms with van der Waals surface area (Å²) in [6.07, 6.45) is 4.36. The van der Waals surface area contributed by atoms with Crippen LogP contribution in [-0.4, -0.2) is 58.5 Å². The Morgan fingerprint density at radius 3 is 2.62 bits per heavy atom. The van der Waals surface area contributed by atoms with E-state index < -0.39 is 28.2 Å². The minimum atomic E-state index is -4.04. The first-order chi connectivity index (χ1) is 18.6. The van der Waals surface area contributed by atoms with E-state index in [1.807, 2.05) is 13.8 Å². The van der Waals surface area contributed by atoms with Crippen molar-refractivity contribution >= 4 is 39.3 Å². The van der Waals surface area contributed by atoms with Gasteiger partial charge in [-0.25, -0.2) is 9.67 Å². The SMILES string of the molecule is CC(C)C[C@H](NS(=O)(=O)Nc1ccccc1)C(=O)N1CCC[C@H]1C(=O)NCc1cc(Cl)ccc1-n1cncn1. The molecule has 2 atom stereocenters. The normalized spacial score (nSPS) is 16.3. The summed E-state index contributed by atoms with van der Waals surface area (Å²) < 4.78 is 32.2. The summed E-state index contributed by atoms with van der Waals surface area (Å²) >= 11 is 6.19. The van der Waals surface area contributed by atoms with Crippen LogP contribution in [0.25, 0.3) is 5.69 Å². The molecule has 11 nitrogen and oxygen atoms in total. The van der Waals surface area contributed by atoms with Crippen LogP contribution < -0.4 is 14.8 Å². The monoisotopic (exact) mass is 573 g/mol. The third kappa shape index (κ3) is 7.55. The van der Waals surface area contributed by atoms with Crippen LogP contribution in [0.5, 0.6) is 0 Å². The lowest BCUT2D eigenvalue weighted by Gasteiger charge is -2.29. The van der Waals surface area contributed by atoms with Gasteiger partial charge in [0, 0.05) is 23.8 Å². The number of carbonyl (C=O) groups is 2. The van der Waals surface area contributed by atoms with Crippen molar-refractivity contribution in [1.29, 1.82) is 0 Å². The Hall–Kier alpha value is -3.48. The first-order valence-corrected chi connectivity index (χ1v) is 14.6. The van der Waals surface area contributed by atoms with Crippen LogP contribution in [0.4, 0.5) is 5.69 Å². The molecule has 0 unspecified atom stereocenters. The lowest BCUT2D eigenvalue weighted by Crippen LogP contribution is -2.54. The molecular weight excluding hydrogens is 542 g/mol. The fourth-order valence-corrected chi connectivity index (χ4v) is 5.88. The lowest BCUT2D eigenvalue weighted by atomic mass is 10.0. The van der Waals surface area contributed by atoms with E-state index >= 15 is 0 Å². The smallest absolute Gasteiger partial charge is 0.299 e. The number of nitrogens with zero attached hydrogens (tertiary/aromatic N) is 4. The third-order valence-electron chi connectivity index (χ3n) is 6.33. The van der Waals surface area contributed by atoms with Crippen molar-refractivity contribution in [3.8, 4) is 5.69 Å². The second-order valence-corrected chi connectivity index (χ2v) is 11.7. The third-order valence-corrected chi connectivity index (χ3v) is 7.66. The van der Waals surface area contributed by atoms with Gasteiger partial charge in [0.05, 0.1) is 5.69 Å². The highest BCUT2D eigenvalue weighted by molar-refractivity contribution is 7.90. The maximum atomic E-state index is 13.6. The molecule has 2 amide bonds. The molecule has 0 spiro atoms. The van der Waals surface area contributed by atoms with Crippen molar-refractivity contribution in [2.75, 3.05) is 11.3 Å². The average molecular weight is 574 g/mol. The summed E-state index contributed by atoms with van der Waals surface area (Å²) in [5, 5.41) is 7.57. The Labute approximate surface area is 233 Å². The van der Waals surface area contributed by atoms with Gasteiger partial charge in [-0.15, -0.1) is 0 Å². The van der Waals surface area contributed by atoms with Crippen LogP contribution >= 0.6 is 11.6 Å². The van der Waals surface area contributed by atoms with Crippen molar-refractivity contribution < 1.29 is 18.0 Å². The van der Waals surface area contributed by atoms with Gasteiger partial charge in [-0.3, -0.25) is 14.3 Å². The number of aromatic nitrogens is 3. The van der Waals surface area contributed by atoms with E-state index in [1.54, 1.807) is 59.5 Å². The molecule has 1 aliphatic heterocycles. The van der Waals surface area contributed by atoms with Gasteiger partial charge in [0.2, 0.25) is 11.8 Å². The fraction of sp³-hybridized carbons (Fsp3) is 0.385. The molecule has 0 saturated carbocycles. The predicted molar refractivity (Wildman–Crippen MR) is 148 cm³/mol. The van der Waals surface area contributed by atoms with Gasteiger partial charge < -0.3 is 10.2 Å². The van der Waals surface area contributed by atoms with E-state index in [1.165, 1.54) is 11.2 Å². The molecule has 208 valence electrons. The molecule has 2 aromatic carbocycles. The van der Waals surface area contributed by atoms with Crippen LogP contribution in [0.2, 0.25) is 5.02 Å². The number of benzene rings is 2. The van der Waals surface area contributed by atoms with Gasteiger partial charge in [-0.05, 0) is 61.1 Å². The number of anilines is 1. The molecule has 0 aliphatic carbocycles. The van der Waals surface area contributed by atoms with Crippen molar-refractivity contribution in [2.24, 2.45) is 5.92 Å². The molecule has 0 bridgehead atoms. The van der Waals surface area contributed by atoms with Crippen molar-refractivity contribution in [1.82, 2.24) is 29.7 Å². The molecule has 39 heavy (non-hydrogen) atoms. The lowest BCUT2D eigenvalue weighted by molar-refractivity contribution is -0.140. The Morgan fingerprint density at radius 1 is 1.15 bits per heavy atom. The van der Waals surface area contributed by atoms with E-state index in [9.17, 15) is 18.0 Å². The van der Waals surface area contributed by atoms with E-state index in [-0.39, 0.29) is 24.8 Å². The van der Waals surface area contributed by atoms with Crippen LogP contribution in [0.15, 0.2) is 61.2 Å². The van der Waals surface area contributed by atoms with E-state index in [0.29, 0.717) is 35.8 Å². The Bertz CT molecular complexity index is 1380. The number of halogens is 1. The van der Waals surface area contributed by atoms with Crippen LogP contribution in [-0.2, 0) is 26.3 Å². The van der Waals surface area contributed by atoms with E-state index in [2.05, 4.69) is 24.8 Å². The first kappa shape index (κ1) is 28.5. The quantitative estimate of drug-likeness (QED) is 0.322. The van der Waals surface area contributed by atoms with Crippen molar-refractivity contribution in [3.05, 3.63) is 71.8 Å². The molecule has 1 aromatic heterocycles. The molecule has 13 heteroatoms. The number of amides is 2. The van der Waals surface area contributed by atoms with Gasteiger partial charge in [0.1, 0.15) is 24.7 Å². The molecule has 1 aliphatic rings. The summed E-state index contributed by atoms with van der Waals surface area (Å²) in [5.74, 6) is -0.712. The Kier molecular flexibility index (Phi) is 9.20. The topological polar surface area (TPSA) is 138 Å². The average Bonchev–Trinajstić information content (AvgIpc) is 3.59. The molecular formula is C26H32ClN7O4S. The van der Waals surface area contributed by atoms with Crippen LogP contribution in [0, 0.1) is 5.92 Å². The summed E-state index contributed by atoms with van der Waals surface area (Å²) in [5.41, 5.74) is 1.83. The molecule has 3 aromatic rings. The maximum Gasteiger partial charge on any atom is 0.299 e. The highest BCUT2D eigenvalue weighted by Gasteiger charge is 2.38. The Morgan fingerprint density at radius 2 is 1.92 bits per heavy atom. The number of para-hydroxylation sites is 1. The molecule has 2 heterocycles. The molecule has 1 saturated heterocycles. The van der Waals surface area contributed by atoms with Crippen LogP contribution in [0.3, 0.4) is 0 Å². The summed E-state index contributed by atoms with van der Waals surface area (Å²) in [6, 6.07) is 11.9. The number of hydrogen-bond acceptors (Lipinski definition) is 6. The highest BCUT2D eigenvalue weighted by Crippen LogP contribution is 2.23. The maximum absolute atomic E-state index is 13.6. The highest BCUT2D eigenvalue weighted by atomic mass is 35.5. The fourth-order valence-electron chi connectivity index (χ4n) is 4.60. The van der Waals surface area contributed by atoms with Gasteiger partial charge in [0.15, 0.2) is 0 Å². The minimum Gasteiger partial charge on any atom is -0.350 e. The Balaban J connectivity index is 1.46. The largest absolute Gasteiger partial charge is 0.350 e.